The molecule has 0 radical (unpaired) electrons. The number of hydrogen-bond acceptors (Lipinski definition) is 5. The van der Waals surface area contributed by atoms with E-state index in [9.17, 15) is 9.18 Å². The minimum atomic E-state index is -1.35. The van der Waals surface area contributed by atoms with Crippen molar-refractivity contribution < 1.29 is 14.3 Å². The molecule has 5 N–H and O–H groups in total. The summed E-state index contributed by atoms with van der Waals surface area (Å²) in [5.74, 6) is -2.81. The molecule has 0 unspecified atom stereocenters. The minimum absolute atomic E-state index is 0.348. The lowest BCUT2D eigenvalue weighted by molar-refractivity contribution is 0.0697. The number of carbonyl (C=O) groups is 1. The van der Waals surface area contributed by atoms with Gasteiger partial charge in [0.1, 0.15) is 17.6 Å². The number of nitrogens with zero attached hydrogens (tertiary/aromatic N) is 2. The Balaban J connectivity index is 3.16. The topological polar surface area (TPSA) is 135 Å². The molecule has 0 atom stereocenters. The van der Waals surface area contributed by atoms with E-state index in [4.69, 9.17) is 21.5 Å². The van der Waals surface area contributed by atoms with Crippen LogP contribution in [0.15, 0.2) is 23.3 Å². The predicted molar refractivity (Wildman–Crippen MR) is 61.9 cm³/mol. The minimum Gasteiger partial charge on any atom is -0.478 e. The summed E-state index contributed by atoms with van der Waals surface area (Å²) in [6.07, 6.45) is 0. The number of carboxylic acids is 1. The third kappa shape index (κ3) is 2.79. The summed E-state index contributed by atoms with van der Waals surface area (Å²) in [5, 5.41) is 27.8. The van der Waals surface area contributed by atoms with Gasteiger partial charge in [-0.25, -0.2) is 9.18 Å². The van der Waals surface area contributed by atoms with Gasteiger partial charge in [0, 0.05) is 0 Å². The SMILES string of the molecule is N#C/C(=N\Nc1c(F)cccc1C(=O)O)C(=N)N. The van der Waals surface area contributed by atoms with Gasteiger partial charge in [-0.15, -0.1) is 0 Å². The number of rotatable bonds is 4. The van der Waals surface area contributed by atoms with Crippen molar-refractivity contribution in [3.63, 3.8) is 0 Å². The van der Waals surface area contributed by atoms with Crippen LogP contribution in [0, 0.1) is 22.6 Å². The zero-order valence-electron chi connectivity index (χ0n) is 8.94. The Labute approximate surface area is 101 Å². The first-order chi connectivity index (χ1) is 8.47. The summed E-state index contributed by atoms with van der Waals surface area (Å²) >= 11 is 0. The summed E-state index contributed by atoms with van der Waals surface area (Å²) in [6.45, 7) is 0. The van der Waals surface area contributed by atoms with Crippen molar-refractivity contribution in [2.75, 3.05) is 5.43 Å². The van der Waals surface area contributed by atoms with Gasteiger partial charge in [0.15, 0.2) is 5.84 Å². The van der Waals surface area contributed by atoms with Crippen LogP contribution in [0.2, 0.25) is 0 Å². The number of para-hydroxylation sites is 1. The number of nitrogens with two attached hydrogens (primary N) is 1. The van der Waals surface area contributed by atoms with Crippen molar-refractivity contribution in [1.82, 2.24) is 0 Å². The molecule has 1 aromatic carbocycles. The third-order valence-corrected chi connectivity index (χ3v) is 1.88. The summed E-state index contributed by atoms with van der Waals surface area (Å²) in [4.78, 5) is 10.8. The fraction of sp³-hybridized carbons (Fsp3) is 0. The van der Waals surface area contributed by atoms with Crippen molar-refractivity contribution in [1.29, 1.82) is 10.7 Å². The molecule has 92 valence electrons. The lowest BCUT2D eigenvalue weighted by Gasteiger charge is -2.06. The van der Waals surface area contributed by atoms with Gasteiger partial charge in [0.2, 0.25) is 5.71 Å². The number of aromatic carboxylic acids is 1. The second kappa shape index (κ2) is 5.40. The zero-order chi connectivity index (χ0) is 13.7. The first-order valence-electron chi connectivity index (χ1n) is 4.57. The Kier molecular flexibility index (Phi) is 3.93. The Morgan fingerprint density at radius 1 is 1.61 bits per heavy atom. The molecule has 0 aromatic heterocycles. The number of carboxylic acid groups (broad SMARTS) is 1. The van der Waals surface area contributed by atoms with Gasteiger partial charge >= 0.3 is 5.97 Å². The predicted octanol–water partition coefficient (Wildman–Crippen LogP) is 0.751. The number of hydrogen-bond donors (Lipinski definition) is 4. The molecule has 8 heteroatoms. The largest absolute Gasteiger partial charge is 0.478 e. The van der Waals surface area contributed by atoms with Crippen LogP contribution in [-0.4, -0.2) is 22.6 Å². The molecule has 0 amide bonds. The smallest absolute Gasteiger partial charge is 0.337 e. The van der Waals surface area contributed by atoms with E-state index in [0.29, 0.717) is 0 Å². The number of anilines is 1. The van der Waals surface area contributed by atoms with E-state index in [0.717, 1.165) is 6.07 Å². The van der Waals surface area contributed by atoms with Gasteiger partial charge < -0.3 is 10.8 Å². The number of amidine groups is 1. The van der Waals surface area contributed by atoms with Crippen LogP contribution in [0.5, 0.6) is 0 Å². The molecule has 7 nitrogen and oxygen atoms in total. The molecule has 0 saturated carbocycles. The van der Waals surface area contributed by atoms with Gasteiger partial charge in [0.25, 0.3) is 0 Å². The number of nitrogens with one attached hydrogen (secondary N) is 2. The van der Waals surface area contributed by atoms with E-state index in [1.54, 1.807) is 0 Å². The van der Waals surface area contributed by atoms with Gasteiger partial charge in [0.05, 0.1) is 5.56 Å². The standard InChI is InChI=1S/C10H8FN5O2/c11-6-3-1-2-5(10(17)18)8(6)16-15-7(4-12)9(13)14/h1-3,16H,(H3,13,14)(H,17,18)/b15-7+. The highest BCUT2D eigenvalue weighted by molar-refractivity contribution is 6.45. The highest BCUT2D eigenvalue weighted by atomic mass is 19.1. The van der Waals surface area contributed by atoms with Gasteiger partial charge in [-0.3, -0.25) is 10.8 Å². The quantitative estimate of drug-likeness (QED) is 0.354. The van der Waals surface area contributed by atoms with Gasteiger partial charge in [-0.2, -0.15) is 10.4 Å². The summed E-state index contributed by atoms with van der Waals surface area (Å²) in [7, 11) is 0. The van der Waals surface area contributed by atoms with Crippen molar-refractivity contribution in [2.24, 2.45) is 10.8 Å². The maximum absolute atomic E-state index is 13.4. The van der Waals surface area contributed by atoms with E-state index in [1.807, 2.05) is 0 Å². The Hall–Kier alpha value is -2.95. The molecule has 0 fully saturated rings. The maximum atomic E-state index is 13.4. The Bertz CT molecular complexity index is 576. The molecule has 0 aliphatic heterocycles. The van der Waals surface area contributed by atoms with E-state index in [2.05, 4.69) is 10.5 Å². The summed E-state index contributed by atoms with van der Waals surface area (Å²) in [6, 6.07) is 4.94. The number of nitriles is 1. The molecule has 18 heavy (non-hydrogen) atoms. The molecule has 1 aromatic rings. The van der Waals surface area contributed by atoms with E-state index < -0.39 is 29.0 Å². The van der Waals surface area contributed by atoms with Crippen molar-refractivity contribution in [2.45, 2.75) is 0 Å². The van der Waals surface area contributed by atoms with Crippen LogP contribution in [0.3, 0.4) is 0 Å². The molecule has 0 aliphatic rings. The van der Waals surface area contributed by atoms with Crippen LogP contribution in [0.25, 0.3) is 0 Å². The van der Waals surface area contributed by atoms with Crippen molar-refractivity contribution in [3.8, 4) is 6.07 Å². The second-order valence-corrected chi connectivity index (χ2v) is 3.07. The van der Waals surface area contributed by atoms with Crippen LogP contribution in [0.1, 0.15) is 10.4 Å². The van der Waals surface area contributed by atoms with Gasteiger partial charge in [-0.1, -0.05) is 6.07 Å². The molecule has 0 bridgehead atoms. The second-order valence-electron chi connectivity index (χ2n) is 3.07. The normalized spacial score (nSPS) is 10.6. The van der Waals surface area contributed by atoms with Crippen molar-refractivity contribution in [3.05, 3.63) is 29.6 Å². The molecule has 0 spiro atoms. The molecule has 1 rings (SSSR count). The monoisotopic (exact) mass is 249 g/mol. The number of hydrazone groups is 1. The summed E-state index contributed by atoms with van der Waals surface area (Å²) < 4.78 is 13.4. The lowest BCUT2D eigenvalue weighted by atomic mass is 10.2. The molecule has 0 aliphatic carbocycles. The molecule has 0 heterocycles. The zero-order valence-corrected chi connectivity index (χ0v) is 8.94. The maximum Gasteiger partial charge on any atom is 0.337 e. The highest BCUT2D eigenvalue weighted by Crippen LogP contribution is 2.19. The van der Waals surface area contributed by atoms with Crippen LogP contribution >= 0.6 is 0 Å². The van der Waals surface area contributed by atoms with Gasteiger partial charge in [-0.05, 0) is 12.1 Å². The van der Waals surface area contributed by atoms with Crippen LogP contribution in [0.4, 0.5) is 10.1 Å². The van der Waals surface area contributed by atoms with E-state index >= 15 is 0 Å². The molecular weight excluding hydrogens is 241 g/mol. The van der Waals surface area contributed by atoms with E-state index in [1.165, 1.54) is 18.2 Å². The molecule has 0 saturated heterocycles. The first-order valence-corrected chi connectivity index (χ1v) is 4.57. The van der Waals surface area contributed by atoms with Crippen LogP contribution < -0.4 is 11.2 Å². The van der Waals surface area contributed by atoms with Crippen molar-refractivity contribution >= 4 is 23.2 Å². The third-order valence-electron chi connectivity index (χ3n) is 1.88. The molecular formula is C10H8FN5O2. The number of benzene rings is 1. The average Bonchev–Trinajstić information content (AvgIpc) is 2.30. The van der Waals surface area contributed by atoms with Crippen LogP contribution in [-0.2, 0) is 0 Å². The fourth-order valence-corrected chi connectivity index (χ4v) is 1.07. The lowest BCUT2D eigenvalue weighted by Crippen LogP contribution is -2.22. The highest BCUT2D eigenvalue weighted by Gasteiger charge is 2.14. The fourth-order valence-electron chi connectivity index (χ4n) is 1.07. The summed E-state index contributed by atoms with van der Waals surface area (Å²) in [5.41, 5.74) is 5.88. The Morgan fingerprint density at radius 3 is 2.78 bits per heavy atom. The average molecular weight is 249 g/mol. The Morgan fingerprint density at radius 2 is 2.28 bits per heavy atom. The number of halogens is 1. The first kappa shape index (κ1) is 13.1. The van der Waals surface area contributed by atoms with E-state index in [-0.39, 0.29) is 5.56 Å².